The lowest BCUT2D eigenvalue weighted by molar-refractivity contribution is 1.06. The first-order valence-electron chi connectivity index (χ1n) is 3.49. The molecule has 0 aliphatic heterocycles. The van der Waals surface area contributed by atoms with Gasteiger partial charge in [-0.1, -0.05) is 0 Å². The minimum absolute atomic E-state index is 0.237. The lowest BCUT2D eigenvalue weighted by Gasteiger charge is -2.01. The van der Waals surface area contributed by atoms with Crippen molar-refractivity contribution >= 4 is 17.4 Å². The van der Waals surface area contributed by atoms with Gasteiger partial charge in [0.25, 0.3) is 0 Å². The van der Waals surface area contributed by atoms with Crippen molar-refractivity contribution < 1.29 is 0 Å². The van der Waals surface area contributed by atoms with Gasteiger partial charge in [-0.25, -0.2) is 9.97 Å². The van der Waals surface area contributed by atoms with Crippen molar-refractivity contribution in [1.29, 1.82) is 0 Å². The number of nitrogens with one attached hydrogen (secondary N) is 1. The molecule has 0 radical (unpaired) electrons. The van der Waals surface area contributed by atoms with Crippen LogP contribution in [0.15, 0.2) is 12.3 Å². The molecule has 1 aromatic rings. The molecule has 3 nitrogen and oxygen atoms in total. The third kappa shape index (κ3) is 2.77. The number of anilines is 1. The van der Waals surface area contributed by atoms with Gasteiger partial charge in [0.2, 0.25) is 5.28 Å². The average molecular weight is 182 g/mol. The Balaban J connectivity index is 2.48. The molecule has 0 spiro atoms. The van der Waals surface area contributed by atoms with Gasteiger partial charge in [0.15, 0.2) is 0 Å². The molecule has 0 saturated heterocycles. The third-order valence-electron chi connectivity index (χ3n) is 1.20. The Morgan fingerprint density at radius 3 is 3.17 bits per heavy atom. The number of aromatic nitrogens is 2. The highest BCUT2D eigenvalue weighted by atomic mass is 35.5. The maximum Gasteiger partial charge on any atom is 0.224 e. The Bertz CT molecular complexity index is 293. The fourth-order valence-electron chi connectivity index (χ4n) is 0.696. The van der Waals surface area contributed by atoms with Crippen LogP contribution in [-0.2, 0) is 0 Å². The smallest absolute Gasteiger partial charge is 0.224 e. The summed E-state index contributed by atoms with van der Waals surface area (Å²) < 4.78 is 0. The molecule has 1 N–H and O–H groups in total. The summed E-state index contributed by atoms with van der Waals surface area (Å²) >= 11 is 5.56. The van der Waals surface area contributed by atoms with Gasteiger partial charge in [-0.05, 0) is 17.7 Å². The van der Waals surface area contributed by atoms with Gasteiger partial charge < -0.3 is 5.32 Å². The first-order chi connectivity index (χ1) is 5.83. The second-order valence-corrected chi connectivity index (χ2v) is 2.43. The Morgan fingerprint density at radius 1 is 1.67 bits per heavy atom. The highest BCUT2D eigenvalue weighted by molar-refractivity contribution is 6.28. The van der Waals surface area contributed by atoms with Crippen molar-refractivity contribution in [2.45, 2.75) is 6.42 Å². The summed E-state index contributed by atoms with van der Waals surface area (Å²) in [5.41, 5.74) is 0. The van der Waals surface area contributed by atoms with Crippen LogP contribution >= 0.6 is 11.6 Å². The van der Waals surface area contributed by atoms with E-state index in [0.29, 0.717) is 18.8 Å². The molecular formula is C8H8ClN3. The molecule has 0 fully saturated rings. The van der Waals surface area contributed by atoms with Crippen molar-refractivity contribution in [1.82, 2.24) is 9.97 Å². The van der Waals surface area contributed by atoms with E-state index in [4.69, 9.17) is 18.0 Å². The van der Waals surface area contributed by atoms with Crippen molar-refractivity contribution in [3.05, 3.63) is 17.5 Å². The number of halogens is 1. The van der Waals surface area contributed by atoms with Crippen LogP contribution < -0.4 is 5.32 Å². The maximum atomic E-state index is 5.56. The fraction of sp³-hybridized carbons (Fsp3) is 0.250. The second kappa shape index (κ2) is 4.58. The zero-order valence-electron chi connectivity index (χ0n) is 6.42. The van der Waals surface area contributed by atoms with Crippen LogP contribution in [0.3, 0.4) is 0 Å². The van der Waals surface area contributed by atoms with Crippen molar-refractivity contribution in [3.63, 3.8) is 0 Å². The molecule has 0 aliphatic rings. The minimum atomic E-state index is 0.237. The highest BCUT2D eigenvalue weighted by Crippen LogP contribution is 2.04. The Hall–Kier alpha value is -1.27. The Kier molecular flexibility index (Phi) is 3.36. The summed E-state index contributed by atoms with van der Waals surface area (Å²) in [6.07, 6.45) is 7.33. The molecular weight excluding hydrogens is 174 g/mol. The number of rotatable bonds is 3. The first kappa shape index (κ1) is 8.82. The molecule has 0 atom stereocenters. The van der Waals surface area contributed by atoms with E-state index in [1.165, 1.54) is 0 Å². The number of terminal acetylenes is 1. The molecule has 1 aromatic heterocycles. The number of hydrogen-bond acceptors (Lipinski definition) is 3. The van der Waals surface area contributed by atoms with Gasteiger partial charge in [0.1, 0.15) is 5.82 Å². The largest absolute Gasteiger partial charge is 0.369 e. The molecule has 0 aromatic carbocycles. The van der Waals surface area contributed by atoms with Crippen LogP contribution in [0.5, 0.6) is 0 Å². The van der Waals surface area contributed by atoms with Crippen LogP contribution in [0.1, 0.15) is 6.42 Å². The first-order valence-corrected chi connectivity index (χ1v) is 3.86. The van der Waals surface area contributed by atoms with Crippen molar-refractivity contribution in [2.75, 3.05) is 11.9 Å². The molecule has 0 saturated carbocycles. The van der Waals surface area contributed by atoms with Crippen LogP contribution in [0.2, 0.25) is 5.28 Å². The standard InChI is InChI=1S/C8H8ClN3/c1-2-3-5-10-7-4-6-11-8(9)12-7/h1,4,6H,3,5H2,(H,10,11,12). The van der Waals surface area contributed by atoms with E-state index in [0.717, 1.165) is 0 Å². The zero-order valence-corrected chi connectivity index (χ0v) is 7.17. The van der Waals surface area contributed by atoms with Gasteiger partial charge in [-0.2, -0.15) is 0 Å². The van der Waals surface area contributed by atoms with E-state index in [-0.39, 0.29) is 5.28 Å². The SMILES string of the molecule is C#CCCNc1ccnc(Cl)n1. The molecule has 0 amide bonds. The van der Waals surface area contributed by atoms with Gasteiger partial charge in [-0.15, -0.1) is 12.3 Å². The molecule has 0 unspecified atom stereocenters. The molecule has 12 heavy (non-hydrogen) atoms. The fourth-order valence-corrected chi connectivity index (χ4v) is 0.843. The molecule has 62 valence electrons. The van der Waals surface area contributed by atoms with E-state index >= 15 is 0 Å². The highest BCUT2D eigenvalue weighted by Gasteiger charge is 1.93. The maximum absolute atomic E-state index is 5.56. The van der Waals surface area contributed by atoms with Gasteiger partial charge in [-0.3, -0.25) is 0 Å². The lowest BCUT2D eigenvalue weighted by Crippen LogP contribution is -2.02. The summed E-state index contributed by atoms with van der Waals surface area (Å²) in [4.78, 5) is 7.66. The minimum Gasteiger partial charge on any atom is -0.369 e. The quantitative estimate of drug-likeness (QED) is 0.437. The monoisotopic (exact) mass is 181 g/mol. The van der Waals surface area contributed by atoms with Crippen LogP contribution in [0.25, 0.3) is 0 Å². The molecule has 1 rings (SSSR count). The number of hydrogen-bond donors (Lipinski definition) is 1. The normalized spacial score (nSPS) is 9.00. The van der Waals surface area contributed by atoms with Crippen LogP contribution in [0, 0.1) is 12.3 Å². The molecule has 1 heterocycles. The molecule has 0 bridgehead atoms. The van der Waals surface area contributed by atoms with Crippen molar-refractivity contribution in [2.24, 2.45) is 0 Å². The van der Waals surface area contributed by atoms with Gasteiger partial charge in [0.05, 0.1) is 0 Å². The lowest BCUT2D eigenvalue weighted by atomic mass is 10.4. The van der Waals surface area contributed by atoms with Gasteiger partial charge in [0, 0.05) is 19.2 Å². The van der Waals surface area contributed by atoms with Crippen molar-refractivity contribution in [3.8, 4) is 12.3 Å². The summed E-state index contributed by atoms with van der Waals surface area (Å²) in [6.45, 7) is 0.698. The van der Waals surface area contributed by atoms with E-state index in [9.17, 15) is 0 Å². The summed E-state index contributed by atoms with van der Waals surface area (Å²) in [6, 6.07) is 1.74. The summed E-state index contributed by atoms with van der Waals surface area (Å²) in [5, 5.41) is 3.25. The average Bonchev–Trinajstić information content (AvgIpc) is 2.05. The summed E-state index contributed by atoms with van der Waals surface area (Å²) in [7, 11) is 0. The second-order valence-electron chi connectivity index (χ2n) is 2.09. The third-order valence-corrected chi connectivity index (χ3v) is 1.38. The topological polar surface area (TPSA) is 37.8 Å². The van der Waals surface area contributed by atoms with E-state index < -0.39 is 0 Å². The predicted molar refractivity (Wildman–Crippen MR) is 49.0 cm³/mol. The van der Waals surface area contributed by atoms with E-state index in [1.807, 2.05) is 0 Å². The number of nitrogens with zero attached hydrogens (tertiary/aromatic N) is 2. The van der Waals surface area contributed by atoms with E-state index in [2.05, 4.69) is 21.2 Å². The van der Waals surface area contributed by atoms with Crippen LogP contribution in [-0.4, -0.2) is 16.5 Å². The van der Waals surface area contributed by atoms with Gasteiger partial charge >= 0.3 is 0 Å². The Labute approximate surface area is 76.2 Å². The Morgan fingerprint density at radius 2 is 2.50 bits per heavy atom. The van der Waals surface area contributed by atoms with E-state index in [1.54, 1.807) is 12.3 Å². The summed E-state index contributed by atoms with van der Waals surface area (Å²) in [5.74, 6) is 3.21. The predicted octanol–water partition coefficient (Wildman–Crippen LogP) is 1.57. The molecule has 0 aliphatic carbocycles. The van der Waals surface area contributed by atoms with Crippen LogP contribution in [0.4, 0.5) is 5.82 Å². The zero-order chi connectivity index (χ0) is 8.81. The molecule has 4 heteroatoms.